The summed E-state index contributed by atoms with van der Waals surface area (Å²) >= 11 is 0. The van der Waals surface area contributed by atoms with Gasteiger partial charge in [0.05, 0.1) is 13.5 Å². The topological polar surface area (TPSA) is 67.4 Å². The summed E-state index contributed by atoms with van der Waals surface area (Å²) in [5.41, 5.74) is 2.85. The van der Waals surface area contributed by atoms with Crippen molar-refractivity contribution in [2.75, 3.05) is 7.11 Å². The summed E-state index contributed by atoms with van der Waals surface area (Å²) in [4.78, 5) is 25.9. The molecule has 0 radical (unpaired) electrons. The van der Waals surface area contributed by atoms with Crippen molar-refractivity contribution < 1.29 is 14.3 Å². The minimum atomic E-state index is -0.685. The Balaban J connectivity index is 1.48. The number of nitrogens with one attached hydrogen (secondary N) is 2. The van der Waals surface area contributed by atoms with E-state index in [2.05, 4.69) is 22.8 Å². The SMILES string of the molecule is COc1ccc(CC(=O)N[C@H](Cc2ccc3ccccc3c2)C(=O)NCc2ccccc2)cc1. The summed E-state index contributed by atoms with van der Waals surface area (Å²) in [6, 6.07) is 30.6. The molecule has 34 heavy (non-hydrogen) atoms. The fourth-order valence-corrected chi connectivity index (χ4v) is 3.89. The van der Waals surface area contributed by atoms with Crippen molar-refractivity contribution >= 4 is 22.6 Å². The number of hydrogen-bond donors (Lipinski definition) is 2. The number of ether oxygens (including phenoxy) is 1. The lowest BCUT2D eigenvalue weighted by Gasteiger charge is -2.19. The van der Waals surface area contributed by atoms with E-state index in [0.29, 0.717) is 13.0 Å². The molecule has 0 saturated heterocycles. The maximum absolute atomic E-state index is 13.1. The molecule has 0 unspecified atom stereocenters. The number of carbonyl (C=O) groups excluding carboxylic acids is 2. The Labute approximate surface area is 199 Å². The number of amides is 2. The molecule has 4 aromatic carbocycles. The monoisotopic (exact) mass is 452 g/mol. The third kappa shape index (κ3) is 6.23. The lowest BCUT2D eigenvalue weighted by atomic mass is 10.0. The van der Waals surface area contributed by atoms with E-state index >= 15 is 0 Å². The van der Waals surface area contributed by atoms with Gasteiger partial charge in [0.2, 0.25) is 11.8 Å². The maximum Gasteiger partial charge on any atom is 0.243 e. The van der Waals surface area contributed by atoms with Gasteiger partial charge < -0.3 is 15.4 Å². The fourth-order valence-electron chi connectivity index (χ4n) is 3.89. The van der Waals surface area contributed by atoms with Crippen LogP contribution in [0.3, 0.4) is 0 Å². The first-order chi connectivity index (χ1) is 16.6. The van der Waals surface area contributed by atoms with Crippen LogP contribution in [0.25, 0.3) is 10.8 Å². The molecule has 0 heterocycles. The van der Waals surface area contributed by atoms with Gasteiger partial charge in [-0.2, -0.15) is 0 Å². The molecule has 0 aliphatic rings. The fraction of sp³-hybridized carbons (Fsp3) is 0.172. The molecule has 0 aliphatic carbocycles. The number of carbonyl (C=O) groups is 2. The van der Waals surface area contributed by atoms with E-state index in [9.17, 15) is 9.59 Å². The number of benzene rings is 4. The van der Waals surface area contributed by atoms with Gasteiger partial charge in [0.25, 0.3) is 0 Å². The second-order valence-corrected chi connectivity index (χ2v) is 8.23. The highest BCUT2D eigenvalue weighted by Crippen LogP contribution is 2.17. The minimum Gasteiger partial charge on any atom is -0.497 e. The zero-order chi connectivity index (χ0) is 23.8. The summed E-state index contributed by atoms with van der Waals surface area (Å²) in [6.45, 7) is 0.405. The third-order valence-electron chi connectivity index (χ3n) is 5.74. The van der Waals surface area contributed by atoms with Gasteiger partial charge in [-0.15, -0.1) is 0 Å². The van der Waals surface area contributed by atoms with Crippen LogP contribution in [0.4, 0.5) is 0 Å². The molecule has 1 atom stereocenters. The standard InChI is InChI=1S/C29H28N2O3/c1-34-26-15-12-21(13-16-26)19-28(32)31-27(29(33)30-20-22-7-3-2-4-8-22)18-23-11-14-24-9-5-6-10-25(24)17-23/h2-17,27H,18-20H2,1H3,(H,30,33)(H,31,32)/t27-/m1/s1. The van der Waals surface area contributed by atoms with Crippen molar-refractivity contribution in [2.45, 2.75) is 25.4 Å². The Morgan fingerprint density at radius 3 is 2.18 bits per heavy atom. The molecule has 0 bridgehead atoms. The van der Waals surface area contributed by atoms with Crippen LogP contribution in [0.5, 0.6) is 5.75 Å². The summed E-state index contributed by atoms with van der Waals surface area (Å²) in [5, 5.41) is 8.16. The molecule has 2 N–H and O–H groups in total. The summed E-state index contributed by atoms with van der Waals surface area (Å²) in [6.07, 6.45) is 0.587. The summed E-state index contributed by atoms with van der Waals surface area (Å²) in [5.74, 6) is 0.324. The Morgan fingerprint density at radius 2 is 1.44 bits per heavy atom. The van der Waals surface area contributed by atoms with E-state index in [1.54, 1.807) is 7.11 Å². The van der Waals surface area contributed by atoms with E-state index in [4.69, 9.17) is 4.74 Å². The molecule has 0 aliphatic heterocycles. The molecule has 5 heteroatoms. The highest BCUT2D eigenvalue weighted by atomic mass is 16.5. The van der Waals surface area contributed by atoms with Gasteiger partial charge >= 0.3 is 0 Å². The Kier molecular flexibility index (Phi) is 7.56. The molecule has 4 aromatic rings. The quantitative estimate of drug-likeness (QED) is 0.395. The second kappa shape index (κ2) is 11.1. The molecular formula is C29H28N2O3. The molecule has 172 valence electrons. The molecule has 2 amide bonds. The zero-order valence-electron chi connectivity index (χ0n) is 19.2. The number of rotatable bonds is 9. The van der Waals surface area contributed by atoms with Crippen molar-refractivity contribution in [3.63, 3.8) is 0 Å². The predicted octanol–water partition coefficient (Wildman–Crippen LogP) is 4.43. The molecule has 0 fully saturated rings. The first kappa shape index (κ1) is 23.1. The van der Waals surface area contributed by atoms with Crippen LogP contribution in [0.2, 0.25) is 0 Å². The van der Waals surface area contributed by atoms with Gasteiger partial charge in [-0.1, -0.05) is 84.9 Å². The first-order valence-electron chi connectivity index (χ1n) is 11.3. The molecule has 4 rings (SSSR count). The van der Waals surface area contributed by atoms with Gasteiger partial charge in [-0.25, -0.2) is 0 Å². The van der Waals surface area contributed by atoms with Gasteiger partial charge in [0, 0.05) is 13.0 Å². The average molecular weight is 453 g/mol. The molecule has 0 spiro atoms. The lowest BCUT2D eigenvalue weighted by Crippen LogP contribution is -2.48. The van der Waals surface area contributed by atoms with Crippen molar-refractivity contribution in [3.05, 3.63) is 114 Å². The van der Waals surface area contributed by atoms with Gasteiger partial charge in [0.1, 0.15) is 11.8 Å². The van der Waals surface area contributed by atoms with Crippen LogP contribution >= 0.6 is 0 Å². The van der Waals surface area contributed by atoms with E-state index < -0.39 is 6.04 Å². The lowest BCUT2D eigenvalue weighted by molar-refractivity contribution is -0.128. The van der Waals surface area contributed by atoms with Crippen LogP contribution in [-0.4, -0.2) is 25.0 Å². The third-order valence-corrected chi connectivity index (χ3v) is 5.74. The number of fused-ring (bicyclic) bond motifs is 1. The van der Waals surface area contributed by atoms with Crippen LogP contribution in [0.15, 0.2) is 97.1 Å². The van der Waals surface area contributed by atoms with Crippen LogP contribution in [-0.2, 0) is 29.0 Å². The Hall–Kier alpha value is -4.12. The van der Waals surface area contributed by atoms with Gasteiger partial charge in [-0.05, 0) is 39.6 Å². The summed E-state index contributed by atoms with van der Waals surface area (Å²) in [7, 11) is 1.60. The second-order valence-electron chi connectivity index (χ2n) is 8.23. The highest BCUT2D eigenvalue weighted by molar-refractivity contribution is 5.89. The van der Waals surface area contributed by atoms with Crippen molar-refractivity contribution in [2.24, 2.45) is 0 Å². The average Bonchev–Trinajstić information content (AvgIpc) is 2.88. The van der Waals surface area contributed by atoms with E-state index in [0.717, 1.165) is 33.2 Å². The van der Waals surface area contributed by atoms with E-state index in [1.165, 1.54) is 0 Å². The highest BCUT2D eigenvalue weighted by Gasteiger charge is 2.21. The van der Waals surface area contributed by atoms with E-state index in [-0.39, 0.29) is 18.2 Å². The number of methoxy groups -OCH3 is 1. The van der Waals surface area contributed by atoms with Crippen molar-refractivity contribution in [1.82, 2.24) is 10.6 Å². The molecule has 0 aromatic heterocycles. The summed E-state index contributed by atoms with van der Waals surface area (Å²) < 4.78 is 5.18. The Morgan fingerprint density at radius 1 is 0.765 bits per heavy atom. The van der Waals surface area contributed by atoms with Gasteiger partial charge in [-0.3, -0.25) is 9.59 Å². The smallest absolute Gasteiger partial charge is 0.243 e. The van der Waals surface area contributed by atoms with Crippen molar-refractivity contribution in [1.29, 1.82) is 0 Å². The van der Waals surface area contributed by atoms with E-state index in [1.807, 2.05) is 84.9 Å². The van der Waals surface area contributed by atoms with Crippen LogP contribution in [0.1, 0.15) is 16.7 Å². The van der Waals surface area contributed by atoms with Gasteiger partial charge in [0.15, 0.2) is 0 Å². The number of hydrogen-bond acceptors (Lipinski definition) is 3. The first-order valence-corrected chi connectivity index (χ1v) is 11.3. The minimum absolute atomic E-state index is 0.185. The van der Waals surface area contributed by atoms with Crippen LogP contribution in [0, 0.1) is 0 Å². The maximum atomic E-state index is 13.1. The predicted molar refractivity (Wildman–Crippen MR) is 135 cm³/mol. The largest absolute Gasteiger partial charge is 0.497 e. The normalized spacial score (nSPS) is 11.6. The molecule has 0 saturated carbocycles. The van der Waals surface area contributed by atoms with Crippen molar-refractivity contribution in [3.8, 4) is 5.75 Å². The molecule has 5 nitrogen and oxygen atoms in total. The van der Waals surface area contributed by atoms with Crippen LogP contribution < -0.4 is 15.4 Å². The Bertz CT molecular complexity index is 1250. The molecular weight excluding hydrogens is 424 g/mol. The zero-order valence-corrected chi connectivity index (χ0v) is 19.2.